The molecule has 0 rings (SSSR count). The van der Waals surface area contributed by atoms with Crippen molar-refractivity contribution in [2.75, 3.05) is 7.11 Å². The molecule has 0 spiro atoms. The molecule has 0 aliphatic carbocycles. The molecule has 0 bridgehead atoms. The lowest BCUT2D eigenvalue weighted by atomic mass is 11.3. The average molecular weight is 91.2 g/mol. The SMILES string of the molecule is COC(N)[SiH3]. The molecule has 5 heavy (non-hydrogen) atoms. The minimum Gasteiger partial charge on any atom is -0.372 e. The van der Waals surface area contributed by atoms with Gasteiger partial charge in [-0.1, -0.05) is 0 Å². The summed E-state index contributed by atoms with van der Waals surface area (Å²) < 4.78 is 4.59. The maximum Gasteiger partial charge on any atom is 0.0815 e. The minimum atomic E-state index is 0.0231. The van der Waals surface area contributed by atoms with E-state index in [1.807, 2.05) is 0 Å². The molecule has 0 aliphatic rings. The summed E-state index contributed by atoms with van der Waals surface area (Å²) in [5.74, 6) is 0.0231. The van der Waals surface area contributed by atoms with Crippen molar-refractivity contribution in [3.8, 4) is 0 Å². The number of nitrogens with two attached hydrogens (primary N) is 1. The molecule has 0 aromatic heterocycles. The molecule has 0 aromatic carbocycles. The lowest BCUT2D eigenvalue weighted by molar-refractivity contribution is 0.172. The van der Waals surface area contributed by atoms with Crippen LogP contribution in [0.4, 0.5) is 0 Å². The molecule has 2 N–H and O–H groups in total. The fourth-order valence-electron chi connectivity index (χ4n) is 0. The summed E-state index contributed by atoms with van der Waals surface area (Å²) in [6.07, 6.45) is 0. The van der Waals surface area contributed by atoms with Crippen molar-refractivity contribution >= 4 is 10.2 Å². The molecule has 1 atom stereocenters. The topological polar surface area (TPSA) is 35.2 Å². The summed E-state index contributed by atoms with van der Waals surface area (Å²) in [6.45, 7) is 0. The first-order chi connectivity index (χ1) is 2.27. The zero-order valence-electron chi connectivity index (χ0n) is 3.56. The molecule has 0 radical (unpaired) electrons. The van der Waals surface area contributed by atoms with Gasteiger partial charge in [0.25, 0.3) is 0 Å². The van der Waals surface area contributed by atoms with E-state index in [1.165, 1.54) is 0 Å². The highest BCUT2D eigenvalue weighted by atomic mass is 28.1. The van der Waals surface area contributed by atoms with Gasteiger partial charge in [-0.3, -0.25) is 0 Å². The van der Waals surface area contributed by atoms with E-state index in [-0.39, 0.29) is 5.85 Å². The first-order valence-corrected chi connectivity index (χ1v) is 2.71. The van der Waals surface area contributed by atoms with Crippen molar-refractivity contribution in [3.63, 3.8) is 0 Å². The van der Waals surface area contributed by atoms with Crippen LogP contribution in [-0.2, 0) is 4.74 Å². The van der Waals surface area contributed by atoms with Crippen LogP contribution in [0.5, 0.6) is 0 Å². The number of methoxy groups -OCH3 is 1. The van der Waals surface area contributed by atoms with Crippen molar-refractivity contribution in [1.29, 1.82) is 0 Å². The Bertz CT molecular complexity index is 23.6. The van der Waals surface area contributed by atoms with Gasteiger partial charge in [0.15, 0.2) is 0 Å². The lowest BCUT2D eigenvalue weighted by Crippen LogP contribution is -2.20. The molecule has 0 heterocycles. The van der Waals surface area contributed by atoms with Crippen LogP contribution >= 0.6 is 0 Å². The van der Waals surface area contributed by atoms with E-state index in [0.29, 0.717) is 0 Å². The van der Waals surface area contributed by atoms with Crippen LogP contribution in [0.1, 0.15) is 0 Å². The van der Waals surface area contributed by atoms with Gasteiger partial charge in [-0.05, 0) is 0 Å². The molecule has 32 valence electrons. The average Bonchev–Trinajstić information content (AvgIpc) is 1.38. The Morgan fingerprint density at radius 1 is 2.00 bits per heavy atom. The van der Waals surface area contributed by atoms with Crippen LogP contribution in [0, 0.1) is 0 Å². The predicted molar refractivity (Wildman–Crippen MR) is 24.9 cm³/mol. The minimum absolute atomic E-state index is 0.0231. The highest BCUT2D eigenvalue weighted by Gasteiger charge is 1.78. The Morgan fingerprint density at radius 3 is 2.20 bits per heavy atom. The second-order valence-electron chi connectivity index (χ2n) is 0.941. The molecule has 2 nitrogen and oxygen atoms in total. The zero-order chi connectivity index (χ0) is 4.28. The lowest BCUT2D eigenvalue weighted by Gasteiger charge is -1.95. The van der Waals surface area contributed by atoms with Crippen LogP contribution < -0.4 is 5.73 Å². The molecule has 0 saturated carbocycles. The van der Waals surface area contributed by atoms with E-state index in [2.05, 4.69) is 4.74 Å². The van der Waals surface area contributed by atoms with Gasteiger partial charge in [0, 0.05) is 7.11 Å². The van der Waals surface area contributed by atoms with E-state index in [9.17, 15) is 0 Å². The normalized spacial score (nSPS) is 15.6. The summed E-state index contributed by atoms with van der Waals surface area (Å²) in [5.41, 5.74) is 5.13. The van der Waals surface area contributed by atoms with Gasteiger partial charge < -0.3 is 10.5 Å². The largest absolute Gasteiger partial charge is 0.372 e. The van der Waals surface area contributed by atoms with E-state index in [4.69, 9.17) is 5.73 Å². The van der Waals surface area contributed by atoms with Gasteiger partial charge >= 0.3 is 0 Å². The third-order valence-electron chi connectivity index (χ3n) is 0.372. The summed E-state index contributed by atoms with van der Waals surface area (Å²) in [5, 5.41) is 0. The third kappa shape index (κ3) is 4.14. The van der Waals surface area contributed by atoms with Crippen molar-refractivity contribution in [2.24, 2.45) is 5.73 Å². The second-order valence-corrected chi connectivity index (χ2v) is 2.08. The fourth-order valence-corrected chi connectivity index (χ4v) is 0. The molecule has 0 amide bonds. The Labute approximate surface area is 34.7 Å². The molecule has 0 saturated heterocycles. The van der Waals surface area contributed by atoms with Crippen molar-refractivity contribution in [1.82, 2.24) is 0 Å². The summed E-state index contributed by atoms with van der Waals surface area (Å²) in [4.78, 5) is 0. The zero-order valence-corrected chi connectivity index (χ0v) is 5.56. The quantitative estimate of drug-likeness (QED) is 0.306. The first-order valence-electron chi connectivity index (χ1n) is 1.55. The standard InChI is InChI=1S/C2H9NOSi/c1-4-2(3)5/h2H,3H2,1,5H3. The number of hydrogen-bond donors (Lipinski definition) is 1. The monoisotopic (exact) mass is 91.0 g/mol. The van der Waals surface area contributed by atoms with Gasteiger partial charge in [-0.2, -0.15) is 0 Å². The van der Waals surface area contributed by atoms with E-state index in [1.54, 1.807) is 7.11 Å². The van der Waals surface area contributed by atoms with Crippen LogP contribution in [-0.4, -0.2) is 23.2 Å². The van der Waals surface area contributed by atoms with Crippen LogP contribution in [0.3, 0.4) is 0 Å². The van der Waals surface area contributed by atoms with Crippen LogP contribution in [0.2, 0.25) is 0 Å². The Hall–Kier alpha value is 0.137. The van der Waals surface area contributed by atoms with E-state index in [0.717, 1.165) is 10.2 Å². The maximum absolute atomic E-state index is 5.13. The van der Waals surface area contributed by atoms with Crippen LogP contribution in [0.25, 0.3) is 0 Å². The van der Waals surface area contributed by atoms with Gasteiger partial charge in [-0.25, -0.2) is 0 Å². The fraction of sp³-hybridized carbons (Fsp3) is 1.00. The Balaban J connectivity index is 2.54. The van der Waals surface area contributed by atoms with Gasteiger partial charge in [0.1, 0.15) is 0 Å². The molecular weight excluding hydrogens is 82.1 g/mol. The van der Waals surface area contributed by atoms with E-state index < -0.39 is 0 Å². The number of rotatable bonds is 1. The Morgan fingerprint density at radius 2 is 2.20 bits per heavy atom. The molecule has 3 heteroatoms. The maximum atomic E-state index is 5.13. The van der Waals surface area contributed by atoms with Crippen molar-refractivity contribution in [3.05, 3.63) is 0 Å². The smallest absolute Gasteiger partial charge is 0.0815 e. The van der Waals surface area contributed by atoms with E-state index >= 15 is 0 Å². The third-order valence-corrected chi connectivity index (χ3v) is 0.843. The first kappa shape index (κ1) is 5.14. The van der Waals surface area contributed by atoms with Gasteiger partial charge in [-0.15, -0.1) is 0 Å². The molecular formula is C2H9NOSi. The summed E-state index contributed by atoms with van der Waals surface area (Å²) >= 11 is 0. The number of ether oxygens (including phenoxy) is 1. The highest BCUT2D eigenvalue weighted by molar-refractivity contribution is 6.10. The summed E-state index contributed by atoms with van der Waals surface area (Å²) in [6, 6.07) is 0. The second kappa shape index (κ2) is 2.38. The number of hydrogen-bond acceptors (Lipinski definition) is 2. The molecule has 0 fully saturated rings. The summed E-state index contributed by atoms with van der Waals surface area (Å²) in [7, 11) is 2.53. The van der Waals surface area contributed by atoms with Crippen LogP contribution in [0.15, 0.2) is 0 Å². The van der Waals surface area contributed by atoms with Gasteiger partial charge in [0.2, 0.25) is 0 Å². The highest BCUT2D eigenvalue weighted by Crippen LogP contribution is 1.59. The molecule has 0 aromatic rings. The van der Waals surface area contributed by atoms with Crippen molar-refractivity contribution in [2.45, 2.75) is 5.85 Å². The predicted octanol–water partition coefficient (Wildman–Crippen LogP) is -1.76. The Kier molecular flexibility index (Phi) is 2.44. The molecule has 1 unspecified atom stereocenters. The van der Waals surface area contributed by atoms with Crippen molar-refractivity contribution < 1.29 is 4.74 Å². The molecule has 0 aliphatic heterocycles. The van der Waals surface area contributed by atoms with Gasteiger partial charge in [0.05, 0.1) is 16.1 Å².